The number of aromatic nitrogens is 2. The Bertz CT molecular complexity index is 705. The number of halogens is 6. The van der Waals surface area contributed by atoms with Crippen LogP contribution in [0.15, 0.2) is 30.6 Å². The second-order valence-electron chi connectivity index (χ2n) is 4.01. The van der Waals surface area contributed by atoms with Gasteiger partial charge in [0.1, 0.15) is 6.07 Å². The highest BCUT2D eigenvalue weighted by atomic mass is 19.4. The number of hydrogen-bond acceptors (Lipinski definition) is 2. The molecular weight excluding hydrogens is 300 g/mol. The molecule has 0 saturated carbocycles. The van der Waals surface area contributed by atoms with E-state index in [0.717, 1.165) is 6.07 Å². The summed E-state index contributed by atoms with van der Waals surface area (Å²) in [5.74, 6) is 0. The summed E-state index contributed by atoms with van der Waals surface area (Å²) in [6.07, 6.45) is -8.15. The smallest absolute Gasteiger partial charge is 0.239 e. The lowest BCUT2D eigenvalue weighted by molar-refractivity contribution is -0.138. The molecule has 0 fully saturated rings. The molecule has 0 spiro atoms. The van der Waals surface area contributed by atoms with Gasteiger partial charge in [0, 0.05) is 6.20 Å². The van der Waals surface area contributed by atoms with E-state index in [0.29, 0.717) is 29.2 Å². The largest absolute Gasteiger partial charge is 0.419 e. The molecule has 2 aromatic rings. The molecular formula is C12H5F6N3. The van der Waals surface area contributed by atoms with E-state index in [4.69, 9.17) is 5.26 Å². The van der Waals surface area contributed by atoms with Crippen molar-refractivity contribution in [1.82, 2.24) is 9.78 Å². The van der Waals surface area contributed by atoms with Crippen LogP contribution in [0.25, 0.3) is 5.69 Å². The van der Waals surface area contributed by atoms with E-state index in [2.05, 4.69) is 5.10 Å². The van der Waals surface area contributed by atoms with Crippen LogP contribution in [0.3, 0.4) is 0 Å². The quantitative estimate of drug-likeness (QED) is 0.752. The van der Waals surface area contributed by atoms with Gasteiger partial charge in [-0.1, -0.05) is 0 Å². The second kappa shape index (κ2) is 4.80. The first kappa shape index (κ1) is 14.9. The Morgan fingerprint density at radius 2 is 1.62 bits per heavy atom. The van der Waals surface area contributed by atoms with Gasteiger partial charge in [0.25, 0.3) is 0 Å². The SMILES string of the molecule is N#Cc1cc(C(F)(F)F)ccc1-n1cc(C(F)(F)F)cn1. The predicted molar refractivity (Wildman–Crippen MR) is 58.3 cm³/mol. The fourth-order valence-electron chi connectivity index (χ4n) is 1.60. The topological polar surface area (TPSA) is 41.6 Å². The zero-order chi connectivity index (χ0) is 15.8. The fraction of sp³-hybridized carbons (Fsp3) is 0.167. The van der Waals surface area contributed by atoms with Crippen LogP contribution in [-0.2, 0) is 12.4 Å². The summed E-state index contributed by atoms with van der Waals surface area (Å²) in [5.41, 5.74) is -2.72. The first-order valence-corrected chi connectivity index (χ1v) is 5.36. The molecule has 1 aromatic heterocycles. The number of nitrogens with zero attached hydrogens (tertiary/aromatic N) is 3. The maximum atomic E-state index is 12.5. The molecule has 1 heterocycles. The Morgan fingerprint density at radius 1 is 1.00 bits per heavy atom. The van der Waals surface area contributed by atoms with E-state index in [1.54, 1.807) is 0 Å². The number of nitriles is 1. The molecule has 0 aliphatic heterocycles. The maximum absolute atomic E-state index is 12.5. The van der Waals surface area contributed by atoms with Crippen LogP contribution in [0, 0.1) is 11.3 Å². The molecule has 2 rings (SSSR count). The summed E-state index contributed by atoms with van der Waals surface area (Å²) < 4.78 is 75.6. The molecule has 21 heavy (non-hydrogen) atoms. The van der Waals surface area contributed by atoms with Crippen molar-refractivity contribution in [2.24, 2.45) is 0 Å². The lowest BCUT2D eigenvalue weighted by atomic mass is 10.1. The summed E-state index contributed by atoms with van der Waals surface area (Å²) in [6.45, 7) is 0. The molecule has 0 aliphatic rings. The lowest BCUT2D eigenvalue weighted by Crippen LogP contribution is -2.07. The Morgan fingerprint density at radius 3 is 2.10 bits per heavy atom. The minimum absolute atomic E-state index is 0.166. The zero-order valence-electron chi connectivity index (χ0n) is 10.00. The molecule has 0 unspecified atom stereocenters. The number of rotatable bonds is 1. The van der Waals surface area contributed by atoms with Crippen molar-refractivity contribution in [3.63, 3.8) is 0 Å². The second-order valence-corrected chi connectivity index (χ2v) is 4.01. The normalized spacial score (nSPS) is 12.2. The zero-order valence-corrected chi connectivity index (χ0v) is 10.00. The van der Waals surface area contributed by atoms with Crippen LogP contribution in [-0.4, -0.2) is 9.78 Å². The number of alkyl halides is 6. The van der Waals surface area contributed by atoms with E-state index in [1.807, 2.05) is 0 Å². The number of benzene rings is 1. The third-order valence-electron chi connectivity index (χ3n) is 2.60. The predicted octanol–water partition coefficient (Wildman–Crippen LogP) is 3.78. The average Bonchev–Trinajstić information content (AvgIpc) is 2.86. The van der Waals surface area contributed by atoms with Gasteiger partial charge in [0.15, 0.2) is 0 Å². The van der Waals surface area contributed by atoms with E-state index >= 15 is 0 Å². The van der Waals surface area contributed by atoms with Crippen molar-refractivity contribution in [3.8, 4) is 11.8 Å². The van der Waals surface area contributed by atoms with Crippen LogP contribution in [0.1, 0.15) is 16.7 Å². The van der Waals surface area contributed by atoms with Gasteiger partial charge in [-0.2, -0.15) is 36.7 Å². The Labute approximate surface area is 114 Å². The summed E-state index contributed by atoms with van der Waals surface area (Å²) in [7, 11) is 0. The van der Waals surface area contributed by atoms with Crippen molar-refractivity contribution >= 4 is 0 Å². The lowest BCUT2D eigenvalue weighted by Gasteiger charge is -2.09. The van der Waals surface area contributed by atoms with E-state index in [1.165, 1.54) is 6.07 Å². The molecule has 1 aromatic carbocycles. The van der Waals surface area contributed by atoms with Gasteiger partial charge in [-0.15, -0.1) is 0 Å². The molecule has 110 valence electrons. The summed E-state index contributed by atoms with van der Waals surface area (Å²) in [4.78, 5) is 0. The van der Waals surface area contributed by atoms with Crippen molar-refractivity contribution < 1.29 is 26.3 Å². The standard InChI is InChI=1S/C12H5F6N3/c13-11(14,15)8-1-2-10(7(3-8)4-19)21-6-9(5-20-21)12(16,17)18/h1-3,5-6H. The van der Waals surface area contributed by atoms with Crippen LogP contribution < -0.4 is 0 Å². The Hall–Kier alpha value is -2.50. The van der Waals surface area contributed by atoms with Crippen LogP contribution in [0.4, 0.5) is 26.3 Å². The van der Waals surface area contributed by atoms with E-state index in [9.17, 15) is 26.3 Å². The van der Waals surface area contributed by atoms with Crippen molar-refractivity contribution in [2.75, 3.05) is 0 Å². The molecule has 9 heteroatoms. The Kier molecular flexibility index (Phi) is 3.41. The van der Waals surface area contributed by atoms with Gasteiger partial charge in [-0.05, 0) is 18.2 Å². The van der Waals surface area contributed by atoms with Gasteiger partial charge >= 0.3 is 12.4 Å². The van der Waals surface area contributed by atoms with Gasteiger partial charge < -0.3 is 0 Å². The fourth-order valence-corrected chi connectivity index (χ4v) is 1.60. The highest BCUT2D eigenvalue weighted by Gasteiger charge is 2.33. The van der Waals surface area contributed by atoms with Crippen LogP contribution in [0.5, 0.6) is 0 Å². The summed E-state index contributed by atoms with van der Waals surface area (Å²) in [5, 5.41) is 12.3. The highest BCUT2D eigenvalue weighted by molar-refractivity contribution is 5.51. The van der Waals surface area contributed by atoms with Crippen LogP contribution >= 0.6 is 0 Å². The van der Waals surface area contributed by atoms with Crippen LogP contribution in [0.2, 0.25) is 0 Å². The summed E-state index contributed by atoms with van der Waals surface area (Å²) >= 11 is 0. The van der Waals surface area contributed by atoms with Crippen molar-refractivity contribution in [3.05, 3.63) is 47.3 Å². The molecule has 0 N–H and O–H groups in total. The number of hydrogen-bond donors (Lipinski definition) is 0. The van der Waals surface area contributed by atoms with Crippen molar-refractivity contribution in [1.29, 1.82) is 5.26 Å². The summed E-state index contributed by atoms with van der Waals surface area (Å²) in [6, 6.07) is 3.64. The Balaban J connectivity index is 2.50. The van der Waals surface area contributed by atoms with Gasteiger partial charge in [0.2, 0.25) is 0 Å². The van der Waals surface area contributed by atoms with E-state index < -0.39 is 29.0 Å². The third kappa shape index (κ3) is 2.99. The molecule has 0 atom stereocenters. The van der Waals surface area contributed by atoms with Gasteiger partial charge in [0.05, 0.1) is 28.6 Å². The third-order valence-corrected chi connectivity index (χ3v) is 2.60. The molecule has 3 nitrogen and oxygen atoms in total. The average molecular weight is 305 g/mol. The molecule has 0 radical (unpaired) electrons. The minimum Gasteiger partial charge on any atom is -0.239 e. The highest BCUT2D eigenvalue weighted by Crippen LogP contribution is 2.32. The van der Waals surface area contributed by atoms with Gasteiger partial charge in [-0.3, -0.25) is 0 Å². The first-order valence-electron chi connectivity index (χ1n) is 5.36. The molecule has 0 bridgehead atoms. The van der Waals surface area contributed by atoms with Gasteiger partial charge in [-0.25, -0.2) is 4.68 Å². The molecule has 0 saturated heterocycles. The maximum Gasteiger partial charge on any atom is 0.419 e. The molecule has 0 amide bonds. The first-order chi connectivity index (χ1) is 9.63. The van der Waals surface area contributed by atoms with E-state index in [-0.39, 0.29) is 5.69 Å². The minimum atomic E-state index is -4.65. The monoisotopic (exact) mass is 305 g/mol. The van der Waals surface area contributed by atoms with Crippen molar-refractivity contribution in [2.45, 2.75) is 12.4 Å². The molecule has 0 aliphatic carbocycles.